The summed E-state index contributed by atoms with van der Waals surface area (Å²) in [5.74, 6) is 0.785. The minimum Gasteiger partial charge on any atom is -0.431 e. The first kappa shape index (κ1) is 21.7. The highest BCUT2D eigenvalue weighted by Gasteiger charge is 2.18. The lowest BCUT2D eigenvalue weighted by molar-refractivity contribution is -0.113. The van der Waals surface area contributed by atoms with Gasteiger partial charge < -0.3 is 9.73 Å². The maximum Gasteiger partial charge on any atom is 0.257 e. The zero-order valence-electron chi connectivity index (χ0n) is 18.3. The molecule has 166 valence electrons. The lowest BCUT2D eigenvalue weighted by Gasteiger charge is -2.06. The Morgan fingerprint density at radius 2 is 1.21 bits per heavy atom. The van der Waals surface area contributed by atoms with Crippen molar-refractivity contribution < 1.29 is 9.21 Å². The van der Waals surface area contributed by atoms with Gasteiger partial charge in [0.05, 0.1) is 5.75 Å². The first-order valence-corrected chi connectivity index (χ1v) is 11.9. The van der Waals surface area contributed by atoms with Crippen LogP contribution in [0.15, 0.2) is 125 Å². The van der Waals surface area contributed by atoms with Crippen molar-refractivity contribution in [2.24, 2.45) is 0 Å². The maximum absolute atomic E-state index is 12.6. The molecule has 5 aromatic rings. The van der Waals surface area contributed by atoms with E-state index >= 15 is 0 Å². The van der Waals surface area contributed by atoms with Gasteiger partial charge in [-0.25, -0.2) is 4.98 Å². The molecule has 0 fully saturated rings. The summed E-state index contributed by atoms with van der Waals surface area (Å²) in [5.41, 5.74) is 5.69. The Hall–Kier alpha value is -4.09. The van der Waals surface area contributed by atoms with Crippen molar-refractivity contribution in [3.8, 4) is 33.7 Å². The number of hydrogen-bond acceptors (Lipinski definition) is 4. The quantitative estimate of drug-likeness (QED) is 0.256. The van der Waals surface area contributed by atoms with E-state index in [1.54, 1.807) is 0 Å². The van der Waals surface area contributed by atoms with Crippen LogP contribution in [-0.2, 0) is 4.79 Å². The summed E-state index contributed by atoms with van der Waals surface area (Å²) in [6.07, 6.45) is 0. The molecule has 0 bridgehead atoms. The molecule has 1 N–H and O–H groups in total. The SMILES string of the molecule is O=C(CSc1nc(-c2ccccc2)c(-c2ccccc2)o1)Nc1ccc(-c2ccccc2)cc1. The smallest absolute Gasteiger partial charge is 0.257 e. The second-order valence-corrected chi connectivity index (χ2v) is 8.60. The van der Waals surface area contributed by atoms with E-state index in [9.17, 15) is 4.79 Å². The van der Waals surface area contributed by atoms with Crippen LogP contribution in [-0.4, -0.2) is 16.6 Å². The van der Waals surface area contributed by atoms with Crippen LogP contribution in [0.1, 0.15) is 0 Å². The molecule has 5 rings (SSSR count). The van der Waals surface area contributed by atoms with Gasteiger partial charge in [0.15, 0.2) is 5.76 Å². The van der Waals surface area contributed by atoms with Crippen molar-refractivity contribution in [3.05, 3.63) is 115 Å². The van der Waals surface area contributed by atoms with Crippen molar-refractivity contribution in [1.29, 1.82) is 0 Å². The van der Waals surface area contributed by atoms with Gasteiger partial charge in [0.25, 0.3) is 5.22 Å². The van der Waals surface area contributed by atoms with Crippen molar-refractivity contribution >= 4 is 23.4 Å². The summed E-state index contributed by atoms with van der Waals surface area (Å²) >= 11 is 1.28. The van der Waals surface area contributed by atoms with Crippen molar-refractivity contribution in [3.63, 3.8) is 0 Å². The molecule has 0 atom stereocenters. The summed E-state index contributed by atoms with van der Waals surface area (Å²) in [7, 11) is 0. The van der Waals surface area contributed by atoms with E-state index in [1.807, 2.05) is 103 Å². The third kappa shape index (κ3) is 5.11. The average molecular weight is 463 g/mol. The number of amides is 1. The van der Waals surface area contributed by atoms with E-state index in [4.69, 9.17) is 9.40 Å². The molecular formula is C29H22N2O2S. The van der Waals surface area contributed by atoms with Crippen molar-refractivity contribution in [2.75, 3.05) is 11.1 Å². The molecule has 4 aromatic carbocycles. The van der Waals surface area contributed by atoms with Gasteiger partial charge in [-0.15, -0.1) is 0 Å². The number of rotatable bonds is 7. The van der Waals surface area contributed by atoms with Gasteiger partial charge in [0.2, 0.25) is 5.91 Å². The molecular weight excluding hydrogens is 440 g/mol. The number of nitrogens with one attached hydrogen (secondary N) is 1. The fraction of sp³-hybridized carbons (Fsp3) is 0.0345. The lowest BCUT2D eigenvalue weighted by Crippen LogP contribution is -2.13. The number of carbonyl (C=O) groups excluding carboxylic acids is 1. The molecule has 34 heavy (non-hydrogen) atoms. The second kappa shape index (κ2) is 10.2. The molecule has 0 radical (unpaired) electrons. The highest BCUT2D eigenvalue weighted by molar-refractivity contribution is 7.99. The zero-order chi connectivity index (χ0) is 23.2. The van der Waals surface area contributed by atoms with Crippen LogP contribution in [0.25, 0.3) is 33.7 Å². The van der Waals surface area contributed by atoms with Crippen molar-refractivity contribution in [2.45, 2.75) is 5.22 Å². The Bertz CT molecular complexity index is 1310. The fourth-order valence-corrected chi connectivity index (χ4v) is 4.26. The van der Waals surface area contributed by atoms with Crippen LogP contribution < -0.4 is 5.32 Å². The van der Waals surface area contributed by atoms with Gasteiger partial charge >= 0.3 is 0 Å². The van der Waals surface area contributed by atoms with Crippen LogP contribution in [0.4, 0.5) is 5.69 Å². The molecule has 1 aromatic heterocycles. The van der Waals surface area contributed by atoms with Crippen LogP contribution in [0, 0.1) is 0 Å². The van der Waals surface area contributed by atoms with Crippen LogP contribution in [0.3, 0.4) is 0 Å². The maximum atomic E-state index is 12.6. The summed E-state index contributed by atoms with van der Waals surface area (Å²) in [4.78, 5) is 17.3. The Morgan fingerprint density at radius 1 is 0.676 bits per heavy atom. The van der Waals surface area contributed by atoms with E-state index in [-0.39, 0.29) is 11.7 Å². The van der Waals surface area contributed by atoms with Gasteiger partial charge in [0, 0.05) is 16.8 Å². The molecule has 0 aliphatic rings. The van der Waals surface area contributed by atoms with E-state index in [2.05, 4.69) is 17.4 Å². The second-order valence-electron chi connectivity index (χ2n) is 7.67. The fourth-order valence-electron chi connectivity index (χ4n) is 3.64. The minimum atomic E-state index is -0.113. The highest BCUT2D eigenvalue weighted by Crippen LogP contribution is 2.35. The Labute approximate surface area is 202 Å². The zero-order valence-corrected chi connectivity index (χ0v) is 19.2. The molecule has 4 nitrogen and oxygen atoms in total. The molecule has 0 unspecified atom stereocenters. The van der Waals surface area contributed by atoms with E-state index in [0.717, 1.165) is 33.6 Å². The molecule has 1 heterocycles. The Balaban J connectivity index is 1.28. The van der Waals surface area contributed by atoms with Crippen LogP contribution in [0.2, 0.25) is 0 Å². The highest BCUT2D eigenvalue weighted by atomic mass is 32.2. The molecule has 0 saturated carbocycles. The number of hydrogen-bond donors (Lipinski definition) is 1. The minimum absolute atomic E-state index is 0.113. The number of thioether (sulfide) groups is 1. The van der Waals surface area contributed by atoms with Crippen LogP contribution in [0.5, 0.6) is 0 Å². The van der Waals surface area contributed by atoms with E-state index in [0.29, 0.717) is 11.0 Å². The first-order chi connectivity index (χ1) is 16.8. The third-order valence-electron chi connectivity index (χ3n) is 5.29. The first-order valence-electron chi connectivity index (χ1n) is 11.0. The standard InChI is InChI=1S/C29H22N2O2S/c32-26(30-25-18-16-22(17-19-25)21-10-4-1-5-11-21)20-34-29-31-27(23-12-6-2-7-13-23)28(33-29)24-14-8-3-9-15-24/h1-19H,20H2,(H,30,32). The summed E-state index contributed by atoms with van der Waals surface area (Å²) in [5, 5.41) is 3.41. The largest absolute Gasteiger partial charge is 0.431 e. The molecule has 0 saturated heterocycles. The number of anilines is 1. The number of carbonyl (C=O) groups is 1. The summed E-state index contributed by atoms with van der Waals surface area (Å²) in [6, 6.07) is 37.8. The number of benzene rings is 4. The molecule has 1 amide bonds. The van der Waals surface area contributed by atoms with Gasteiger partial charge in [-0.2, -0.15) is 0 Å². The van der Waals surface area contributed by atoms with E-state index < -0.39 is 0 Å². The van der Waals surface area contributed by atoms with Crippen LogP contribution >= 0.6 is 11.8 Å². The Kier molecular flexibility index (Phi) is 6.54. The lowest BCUT2D eigenvalue weighted by atomic mass is 10.1. The summed E-state index contributed by atoms with van der Waals surface area (Å²) in [6.45, 7) is 0. The number of nitrogens with zero attached hydrogens (tertiary/aromatic N) is 1. The van der Waals surface area contributed by atoms with Gasteiger partial charge in [-0.05, 0) is 23.3 Å². The summed E-state index contributed by atoms with van der Waals surface area (Å²) < 4.78 is 6.09. The molecule has 0 aliphatic heterocycles. The topological polar surface area (TPSA) is 55.1 Å². The Morgan fingerprint density at radius 3 is 1.82 bits per heavy atom. The monoisotopic (exact) mass is 462 g/mol. The average Bonchev–Trinajstić information content (AvgIpc) is 3.34. The van der Waals surface area contributed by atoms with Gasteiger partial charge in [-0.1, -0.05) is 115 Å². The molecule has 0 aliphatic carbocycles. The van der Waals surface area contributed by atoms with E-state index in [1.165, 1.54) is 11.8 Å². The normalized spacial score (nSPS) is 10.7. The number of aromatic nitrogens is 1. The molecule has 0 spiro atoms. The van der Waals surface area contributed by atoms with Crippen molar-refractivity contribution in [1.82, 2.24) is 4.98 Å². The molecule has 5 heteroatoms. The predicted molar refractivity (Wildman–Crippen MR) is 139 cm³/mol. The van der Waals surface area contributed by atoms with Gasteiger partial charge in [-0.3, -0.25) is 4.79 Å². The number of oxazole rings is 1. The van der Waals surface area contributed by atoms with Gasteiger partial charge in [0.1, 0.15) is 5.69 Å². The predicted octanol–water partition coefficient (Wildman–Crippen LogP) is 7.41. The third-order valence-corrected chi connectivity index (χ3v) is 6.12.